The minimum absolute atomic E-state index is 0.0218. The van der Waals surface area contributed by atoms with E-state index in [0.29, 0.717) is 0 Å². The third-order valence-corrected chi connectivity index (χ3v) is 5.85. The number of ether oxygens (including phenoxy) is 4. The van der Waals surface area contributed by atoms with Gasteiger partial charge in [-0.2, -0.15) is 0 Å². The summed E-state index contributed by atoms with van der Waals surface area (Å²) in [6.07, 6.45) is -8.67. The normalized spacial score (nSPS) is 23.2. The Morgan fingerprint density at radius 2 is 1.66 bits per heavy atom. The first-order valence-corrected chi connectivity index (χ1v) is 11.1. The molecule has 204 valence electrons. The minimum Gasteiger partial charge on any atom is -0.504 e. The van der Waals surface area contributed by atoms with E-state index in [0.717, 1.165) is 32.2 Å². The van der Waals surface area contributed by atoms with Gasteiger partial charge >= 0.3 is 5.97 Å². The fraction of sp³-hybridized carbons (Fsp3) is 0.333. The summed E-state index contributed by atoms with van der Waals surface area (Å²) in [5, 5.41) is 71.0. The van der Waals surface area contributed by atoms with Gasteiger partial charge in [0.25, 0.3) is 0 Å². The number of esters is 1. The molecule has 2 aromatic carbocycles. The molecule has 4 rings (SSSR count). The summed E-state index contributed by atoms with van der Waals surface area (Å²) >= 11 is 0. The number of aromatic hydroxyl groups is 4. The van der Waals surface area contributed by atoms with Crippen LogP contribution < -0.4 is 14.9 Å². The molecule has 3 aromatic rings. The van der Waals surface area contributed by atoms with Crippen LogP contribution in [-0.4, -0.2) is 86.1 Å². The van der Waals surface area contributed by atoms with E-state index >= 15 is 0 Å². The van der Waals surface area contributed by atoms with Crippen molar-refractivity contribution < 1.29 is 63.9 Å². The van der Waals surface area contributed by atoms with Gasteiger partial charge in [0.15, 0.2) is 28.8 Å². The molecular formula is C24H24O14. The number of benzene rings is 2. The van der Waals surface area contributed by atoms with Crippen LogP contribution in [0.2, 0.25) is 0 Å². The molecular weight excluding hydrogens is 512 g/mol. The predicted molar refractivity (Wildman–Crippen MR) is 125 cm³/mol. The van der Waals surface area contributed by atoms with Gasteiger partial charge in [-0.15, -0.1) is 0 Å². The molecule has 5 atom stereocenters. The van der Waals surface area contributed by atoms with Crippen LogP contribution in [0.25, 0.3) is 22.3 Å². The van der Waals surface area contributed by atoms with Crippen molar-refractivity contribution >= 4 is 16.9 Å². The van der Waals surface area contributed by atoms with Crippen LogP contribution in [-0.2, 0) is 14.3 Å². The summed E-state index contributed by atoms with van der Waals surface area (Å²) in [4.78, 5) is 24.8. The average molecular weight is 536 g/mol. The highest BCUT2D eigenvalue weighted by atomic mass is 16.7. The summed E-state index contributed by atoms with van der Waals surface area (Å²) in [6, 6.07) is 4.35. The first kappa shape index (κ1) is 26.8. The van der Waals surface area contributed by atoms with Gasteiger partial charge in [0.1, 0.15) is 42.0 Å². The quantitative estimate of drug-likeness (QED) is 0.163. The van der Waals surface area contributed by atoms with E-state index in [1.807, 2.05) is 0 Å². The molecule has 38 heavy (non-hydrogen) atoms. The molecule has 1 aliphatic heterocycles. The van der Waals surface area contributed by atoms with Crippen LogP contribution in [0, 0.1) is 0 Å². The van der Waals surface area contributed by atoms with E-state index in [1.165, 1.54) is 6.07 Å². The highest BCUT2D eigenvalue weighted by molar-refractivity contribution is 5.91. The molecule has 0 amide bonds. The van der Waals surface area contributed by atoms with Gasteiger partial charge < -0.3 is 59.1 Å². The van der Waals surface area contributed by atoms with Crippen LogP contribution in [0.1, 0.15) is 6.92 Å². The molecule has 0 saturated carbocycles. The van der Waals surface area contributed by atoms with Crippen molar-refractivity contribution in [1.29, 1.82) is 0 Å². The first-order valence-electron chi connectivity index (χ1n) is 11.1. The molecule has 7 N–H and O–H groups in total. The van der Waals surface area contributed by atoms with Gasteiger partial charge in [0.2, 0.25) is 23.2 Å². The number of aliphatic hydroxyl groups is 3. The third-order valence-electron chi connectivity index (χ3n) is 5.85. The third kappa shape index (κ3) is 4.72. The number of phenolic OH excluding ortho intramolecular Hbond substituents is 4. The van der Waals surface area contributed by atoms with Gasteiger partial charge in [-0.1, -0.05) is 0 Å². The molecule has 0 spiro atoms. The lowest BCUT2D eigenvalue weighted by Gasteiger charge is -2.39. The van der Waals surface area contributed by atoms with Gasteiger partial charge in [0.05, 0.1) is 7.11 Å². The molecule has 1 saturated heterocycles. The Morgan fingerprint density at radius 1 is 0.947 bits per heavy atom. The van der Waals surface area contributed by atoms with Crippen molar-refractivity contribution in [2.75, 3.05) is 13.7 Å². The van der Waals surface area contributed by atoms with Crippen LogP contribution in [0.4, 0.5) is 0 Å². The molecule has 14 heteroatoms. The SMILES string of the molecule is COc1c(O)cc2oc(-c3ccc(O)c(O)c3)c(O[C@@H]3O[C@H](COC(C)=O)[C@@H](O)C(O)C3O)c(=O)c2c1O. The van der Waals surface area contributed by atoms with Crippen LogP contribution >= 0.6 is 0 Å². The Labute approximate surface area is 213 Å². The fourth-order valence-corrected chi connectivity index (χ4v) is 3.92. The Bertz CT molecular complexity index is 1430. The van der Waals surface area contributed by atoms with Crippen LogP contribution in [0.5, 0.6) is 34.5 Å². The molecule has 1 aromatic heterocycles. The van der Waals surface area contributed by atoms with Gasteiger partial charge in [-0.25, -0.2) is 0 Å². The zero-order chi connectivity index (χ0) is 27.9. The second kappa shape index (κ2) is 10.3. The first-order chi connectivity index (χ1) is 17.9. The van der Waals surface area contributed by atoms with E-state index in [9.17, 15) is 45.3 Å². The lowest BCUT2D eigenvalue weighted by atomic mass is 9.99. The van der Waals surface area contributed by atoms with E-state index in [1.54, 1.807) is 0 Å². The van der Waals surface area contributed by atoms with Crippen molar-refractivity contribution in [3.8, 4) is 45.8 Å². The standard InChI is InChI=1S/C24H24O14/c1-8(25)35-7-14-16(29)19(32)20(33)24(37-14)38-23-18(31)15-13(6-12(28)22(34-2)17(15)30)36-21(23)9-3-4-10(26)11(27)5-9/h3-6,14,16,19-20,24,26-30,32-33H,7H2,1-2H3/t14-,16-,19?,20?,24+/m1/s1. The summed E-state index contributed by atoms with van der Waals surface area (Å²) in [5.74, 6) is -4.68. The summed E-state index contributed by atoms with van der Waals surface area (Å²) < 4.78 is 26.6. The lowest BCUT2D eigenvalue weighted by molar-refractivity contribution is -0.278. The monoisotopic (exact) mass is 536 g/mol. The zero-order valence-electron chi connectivity index (χ0n) is 19.9. The topological polar surface area (TPSA) is 226 Å². The molecule has 14 nitrogen and oxygen atoms in total. The van der Waals surface area contributed by atoms with Crippen molar-refractivity contribution in [2.45, 2.75) is 37.6 Å². The smallest absolute Gasteiger partial charge is 0.302 e. The minimum atomic E-state index is -1.92. The maximum Gasteiger partial charge on any atom is 0.302 e. The van der Waals surface area contributed by atoms with Crippen LogP contribution in [0.3, 0.4) is 0 Å². The van der Waals surface area contributed by atoms with Crippen molar-refractivity contribution in [3.63, 3.8) is 0 Å². The van der Waals surface area contributed by atoms with E-state index in [2.05, 4.69) is 0 Å². The number of methoxy groups -OCH3 is 1. The summed E-state index contributed by atoms with van der Waals surface area (Å²) in [7, 11) is 1.13. The van der Waals surface area contributed by atoms with Crippen molar-refractivity contribution in [1.82, 2.24) is 0 Å². The molecule has 0 radical (unpaired) electrons. The number of hydrogen-bond acceptors (Lipinski definition) is 14. The maximum atomic E-state index is 13.6. The van der Waals surface area contributed by atoms with Gasteiger partial charge in [-0.3, -0.25) is 9.59 Å². The molecule has 0 bridgehead atoms. The second-order valence-corrected chi connectivity index (χ2v) is 8.38. The number of aliphatic hydroxyl groups excluding tert-OH is 3. The lowest BCUT2D eigenvalue weighted by Crippen LogP contribution is -2.60. The average Bonchev–Trinajstić information content (AvgIpc) is 2.86. The number of hydrogen-bond donors (Lipinski definition) is 7. The molecule has 1 fully saturated rings. The number of carbonyl (C=O) groups excluding carboxylic acids is 1. The molecule has 2 heterocycles. The highest BCUT2D eigenvalue weighted by Crippen LogP contribution is 2.44. The largest absolute Gasteiger partial charge is 0.504 e. The number of fused-ring (bicyclic) bond motifs is 1. The van der Waals surface area contributed by atoms with E-state index in [4.69, 9.17) is 23.4 Å². The van der Waals surface area contributed by atoms with Crippen LogP contribution in [0.15, 0.2) is 33.5 Å². The molecule has 1 aliphatic rings. The summed E-state index contributed by atoms with van der Waals surface area (Å²) in [5.41, 5.74) is -1.39. The Hall–Kier alpha value is -4.24. The maximum absolute atomic E-state index is 13.6. The molecule has 0 aliphatic carbocycles. The predicted octanol–water partition coefficient (Wildman–Crippen LogP) is 0.0405. The van der Waals surface area contributed by atoms with Crippen molar-refractivity contribution in [3.05, 3.63) is 34.5 Å². The van der Waals surface area contributed by atoms with Crippen molar-refractivity contribution in [2.24, 2.45) is 0 Å². The van der Waals surface area contributed by atoms with E-state index in [-0.39, 0.29) is 11.1 Å². The Morgan fingerprint density at radius 3 is 2.29 bits per heavy atom. The Kier molecular flexibility index (Phi) is 7.24. The number of phenols is 4. The fourth-order valence-electron chi connectivity index (χ4n) is 3.92. The number of rotatable bonds is 6. The highest BCUT2D eigenvalue weighted by Gasteiger charge is 2.46. The zero-order valence-corrected chi connectivity index (χ0v) is 19.9. The van der Waals surface area contributed by atoms with Gasteiger partial charge in [0, 0.05) is 18.6 Å². The van der Waals surface area contributed by atoms with E-state index < -0.39 is 94.4 Å². The summed E-state index contributed by atoms with van der Waals surface area (Å²) in [6.45, 7) is 0.578. The van der Waals surface area contributed by atoms with Gasteiger partial charge in [-0.05, 0) is 18.2 Å². The number of carbonyl (C=O) groups is 1. The second-order valence-electron chi connectivity index (χ2n) is 8.38. The Balaban J connectivity index is 1.88. The molecule has 2 unspecified atom stereocenters.